The van der Waals surface area contributed by atoms with Crippen molar-refractivity contribution in [3.63, 3.8) is 0 Å². The minimum absolute atomic E-state index is 0.131. The molecule has 0 saturated heterocycles. The Labute approximate surface area is 100 Å². The summed E-state index contributed by atoms with van der Waals surface area (Å²) in [7, 11) is 1.70. The molecule has 0 saturated carbocycles. The summed E-state index contributed by atoms with van der Waals surface area (Å²) in [4.78, 5) is 3.25. The van der Waals surface area contributed by atoms with Crippen LogP contribution in [0.25, 0.3) is 0 Å². The Balaban J connectivity index is 2.32. The average Bonchev–Trinajstić information content (AvgIpc) is 2.66. The number of aromatic nitrogens is 3. The second-order valence-electron chi connectivity index (χ2n) is 3.68. The molecule has 0 unspecified atom stereocenters. The number of anilines is 3. The van der Waals surface area contributed by atoms with E-state index >= 15 is 0 Å². The van der Waals surface area contributed by atoms with Crippen LogP contribution in [0.2, 0.25) is 0 Å². The third-order valence-corrected chi connectivity index (χ3v) is 2.21. The Morgan fingerprint density at radius 1 is 1.33 bits per heavy atom. The van der Waals surface area contributed by atoms with Gasteiger partial charge in [-0.05, 0) is 6.07 Å². The molecule has 0 spiro atoms. The van der Waals surface area contributed by atoms with Gasteiger partial charge in [0.2, 0.25) is 0 Å². The third kappa shape index (κ3) is 2.53. The number of halogens is 3. The molecule has 2 rings (SSSR count). The molecular formula is C10H10F3N5. The second kappa shape index (κ2) is 4.21. The number of nitrogens with two attached hydrogens (primary N) is 1. The van der Waals surface area contributed by atoms with Crippen LogP contribution in [0.5, 0.6) is 0 Å². The minimum atomic E-state index is -4.50. The number of nitrogens with one attached hydrogen (secondary N) is 1. The van der Waals surface area contributed by atoms with Crippen molar-refractivity contribution < 1.29 is 13.2 Å². The van der Waals surface area contributed by atoms with Crippen LogP contribution in [0.3, 0.4) is 0 Å². The molecule has 2 heterocycles. The summed E-state index contributed by atoms with van der Waals surface area (Å²) in [5, 5.41) is 6.65. The van der Waals surface area contributed by atoms with Crippen LogP contribution in [0.4, 0.5) is 30.2 Å². The number of pyridine rings is 1. The summed E-state index contributed by atoms with van der Waals surface area (Å²) in [5.41, 5.74) is 5.39. The van der Waals surface area contributed by atoms with Gasteiger partial charge in [0.15, 0.2) is 0 Å². The van der Waals surface area contributed by atoms with Crippen LogP contribution in [0, 0.1) is 0 Å². The summed E-state index contributed by atoms with van der Waals surface area (Å²) < 4.78 is 39.0. The minimum Gasteiger partial charge on any atom is -0.396 e. The van der Waals surface area contributed by atoms with Crippen molar-refractivity contribution in [2.75, 3.05) is 11.1 Å². The first-order chi connectivity index (χ1) is 8.36. The zero-order chi connectivity index (χ0) is 13.3. The zero-order valence-electron chi connectivity index (χ0n) is 9.36. The molecular weight excluding hydrogens is 247 g/mol. The van der Waals surface area contributed by atoms with Gasteiger partial charge >= 0.3 is 6.18 Å². The number of nitrogen functional groups attached to an aromatic ring is 1. The van der Waals surface area contributed by atoms with E-state index in [0.29, 0.717) is 5.69 Å². The third-order valence-electron chi connectivity index (χ3n) is 2.21. The van der Waals surface area contributed by atoms with Crippen LogP contribution in [0.15, 0.2) is 24.7 Å². The highest BCUT2D eigenvalue weighted by Crippen LogP contribution is 2.32. The van der Waals surface area contributed by atoms with E-state index in [0.717, 1.165) is 12.3 Å². The number of hydrogen-bond acceptors (Lipinski definition) is 4. The van der Waals surface area contributed by atoms with Crippen molar-refractivity contribution in [3.8, 4) is 0 Å². The molecule has 3 N–H and O–H groups in total. The fourth-order valence-corrected chi connectivity index (χ4v) is 1.37. The quantitative estimate of drug-likeness (QED) is 0.865. The summed E-state index contributed by atoms with van der Waals surface area (Å²) >= 11 is 0. The molecule has 0 aliphatic heterocycles. The first kappa shape index (κ1) is 12.2. The number of rotatable bonds is 2. The van der Waals surface area contributed by atoms with Crippen LogP contribution >= 0.6 is 0 Å². The Bertz CT molecular complexity index is 561. The highest BCUT2D eigenvalue weighted by atomic mass is 19.4. The lowest BCUT2D eigenvalue weighted by molar-refractivity contribution is -0.141. The lowest BCUT2D eigenvalue weighted by Crippen LogP contribution is -2.09. The smallest absolute Gasteiger partial charge is 0.396 e. The SMILES string of the molecule is Cn1cc(Nc2cc(C(F)(F)F)ncc2N)cn1. The summed E-state index contributed by atoms with van der Waals surface area (Å²) in [6.45, 7) is 0. The monoisotopic (exact) mass is 257 g/mol. The summed E-state index contributed by atoms with van der Waals surface area (Å²) in [6.07, 6.45) is -0.430. The standard InChI is InChI=1S/C10H10F3N5/c1-18-5-6(3-16-18)17-8-2-9(10(11,12)13)15-4-7(8)14/h2-5H,14H2,1H3,(H,15,17). The maximum atomic E-state index is 12.5. The molecule has 8 heteroatoms. The van der Waals surface area contributed by atoms with E-state index in [9.17, 15) is 13.2 Å². The molecule has 0 aliphatic carbocycles. The summed E-state index contributed by atoms with van der Waals surface area (Å²) in [5.74, 6) is 0. The molecule has 96 valence electrons. The van der Waals surface area contributed by atoms with E-state index in [1.807, 2.05) is 0 Å². The Morgan fingerprint density at radius 2 is 2.06 bits per heavy atom. The van der Waals surface area contributed by atoms with Crippen LogP contribution < -0.4 is 11.1 Å². The maximum absolute atomic E-state index is 12.5. The fourth-order valence-electron chi connectivity index (χ4n) is 1.37. The number of hydrogen-bond donors (Lipinski definition) is 2. The van der Waals surface area contributed by atoms with Crippen molar-refractivity contribution in [2.45, 2.75) is 6.18 Å². The van der Waals surface area contributed by atoms with Gasteiger partial charge in [-0.2, -0.15) is 18.3 Å². The average molecular weight is 257 g/mol. The molecule has 5 nitrogen and oxygen atoms in total. The molecule has 0 fully saturated rings. The van der Waals surface area contributed by atoms with Crippen LogP contribution in [0.1, 0.15) is 5.69 Å². The van der Waals surface area contributed by atoms with Gasteiger partial charge in [0.25, 0.3) is 0 Å². The van der Waals surface area contributed by atoms with Gasteiger partial charge in [-0.1, -0.05) is 0 Å². The van der Waals surface area contributed by atoms with Crippen molar-refractivity contribution in [1.29, 1.82) is 0 Å². The van der Waals surface area contributed by atoms with Crippen molar-refractivity contribution in [3.05, 3.63) is 30.4 Å². The van der Waals surface area contributed by atoms with Crippen molar-refractivity contribution in [2.24, 2.45) is 7.05 Å². The van der Waals surface area contributed by atoms with Gasteiger partial charge < -0.3 is 11.1 Å². The van der Waals surface area contributed by atoms with Gasteiger partial charge in [0.1, 0.15) is 5.69 Å². The van der Waals surface area contributed by atoms with E-state index in [1.54, 1.807) is 13.2 Å². The van der Waals surface area contributed by atoms with Crippen LogP contribution in [-0.2, 0) is 13.2 Å². The highest BCUT2D eigenvalue weighted by molar-refractivity contribution is 5.71. The van der Waals surface area contributed by atoms with E-state index in [4.69, 9.17) is 5.73 Å². The molecule has 0 aliphatic rings. The van der Waals surface area contributed by atoms with E-state index in [1.165, 1.54) is 10.9 Å². The molecule has 2 aromatic rings. The molecule has 2 aromatic heterocycles. The fraction of sp³-hybridized carbons (Fsp3) is 0.200. The Morgan fingerprint density at radius 3 is 2.61 bits per heavy atom. The molecule has 18 heavy (non-hydrogen) atoms. The lowest BCUT2D eigenvalue weighted by atomic mass is 10.2. The predicted molar refractivity (Wildman–Crippen MR) is 60.1 cm³/mol. The van der Waals surface area contributed by atoms with Crippen molar-refractivity contribution >= 4 is 17.1 Å². The first-order valence-electron chi connectivity index (χ1n) is 4.94. The summed E-state index contributed by atoms with van der Waals surface area (Å²) in [6, 6.07) is 0.863. The van der Waals surface area contributed by atoms with E-state index in [-0.39, 0.29) is 11.4 Å². The normalized spacial score (nSPS) is 11.6. The molecule has 0 atom stereocenters. The number of aryl methyl sites for hydroxylation is 1. The molecule has 0 radical (unpaired) electrons. The van der Waals surface area contributed by atoms with Gasteiger partial charge in [0.05, 0.1) is 29.5 Å². The van der Waals surface area contributed by atoms with Gasteiger partial charge in [-0.25, -0.2) is 4.98 Å². The Hall–Kier alpha value is -2.25. The van der Waals surface area contributed by atoms with E-state index < -0.39 is 11.9 Å². The van der Waals surface area contributed by atoms with Crippen LogP contribution in [-0.4, -0.2) is 14.8 Å². The van der Waals surface area contributed by atoms with Gasteiger partial charge in [0, 0.05) is 13.2 Å². The second-order valence-corrected chi connectivity index (χ2v) is 3.68. The topological polar surface area (TPSA) is 68.8 Å². The Kier molecular flexibility index (Phi) is 2.85. The molecule has 0 amide bonds. The zero-order valence-corrected chi connectivity index (χ0v) is 9.36. The highest BCUT2D eigenvalue weighted by Gasteiger charge is 2.32. The largest absolute Gasteiger partial charge is 0.433 e. The number of nitrogens with zero attached hydrogens (tertiary/aromatic N) is 3. The maximum Gasteiger partial charge on any atom is 0.433 e. The first-order valence-corrected chi connectivity index (χ1v) is 4.94. The van der Waals surface area contributed by atoms with Gasteiger partial charge in [-0.15, -0.1) is 0 Å². The molecule has 0 aromatic carbocycles. The number of alkyl halides is 3. The predicted octanol–water partition coefficient (Wildman–Crippen LogP) is 2.16. The lowest BCUT2D eigenvalue weighted by Gasteiger charge is -2.10. The van der Waals surface area contributed by atoms with E-state index in [2.05, 4.69) is 15.4 Å². The van der Waals surface area contributed by atoms with Gasteiger partial charge in [-0.3, -0.25) is 4.68 Å². The van der Waals surface area contributed by atoms with Crippen molar-refractivity contribution in [1.82, 2.24) is 14.8 Å². The molecule has 0 bridgehead atoms.